The van der Waals surface area contributed by atoms with E-state index in [1.54, 1.807) is 0 Å². The van der Waals surface area contributed by atoms with Gasteiger partial charge >= 0.3 is 0 Å². The highest BCUT2D eigenvalue weighted by atomic mass is 35.5. The molecule has 1 aliphatic rings. The maximum atomic E-state index is 6.30. The van der Waals surface area contributed by atoms with Crippen LogP contribution in [0.2, 0.25) is 5.15 Å². The van der Waals surface area contributed by atoms with Crippen LogP contribution in [0.4, 0.5) is 0 Å². The quantitative estimate of drug-likeness (QED) is 0.504. The standard InChI is InChI=1S/C14H10ClN5/c1-8-16-10-7-20-13(11(10)14(15)17-8)12(18-19-20)9-5-3-2-4-6-9/h2-6H,7H2,1H3. The van der Waals surface area contributed by atoms with E-state index in [0.29, 0.717) is 17.5 Å². The van der Waals surface area contributed by atoms with Crippen LogP contribution in [-0.4, -0.2) is 25.0 Å². The first kappa shape index (κ1) is 11.5. The van der Waals surface area contributed by atoms with Crippen LogP contribution < -0.4 is 0 Å². The van der Waals surface area contributed by atoms with Gasteiger partial charge in [-0.25, -0.2) is 14.6 Å². The van der Waals surface area contributed by atoms with E-state index in [0.717, 1.165) is 28.2 Å². The average Bonchev–Trinajstić information content (AvgIpc) is 2.97. The van der Waals surface area contributed by atoms with Crippen LogP contribution in [0.5, 0.6) is 0 Å². The molecule has 20 heavy (non-hydrogen) atoms. The number of hydrogen-bond donors (Lipinski definition) is 0. The van der Waals surface area contributed by atoms with Crippen LogP contribution in [0.15, 0.2) is 30.3 Å². The van der Waals surface area contributed by atoms with Gasteiger partial charge in [-0.2, -0.15) is 0 Å². The highest BCUT2D eigenvalue weighted by Crippen LogP contribution is 2.39. The van der Waals surface area contributed by atoms with Gasteiger partial charge in [0.05, 0.1) is 17.8 Å². The first-order chi connectivity index (χ1) is 9.74. The molecular formula is C14H10ClN5. The minimum Gasteiger partial charge on any atom is -0.238 e. The van der Waals surface area contributed by atoms with Crippen molar-refractivity contribution in [1.29, 1.82) is 0 Å². The van der Waals surface area contributed by atoms with Crippen LogP contribution >= 0.6 is 11.6 Å². The average molecular weight is 284 g/mol. The highest BCUT2D eigenvalue weighted by Gasteiger charge is 2.29. The second-order valence-corrected chi connectivity index (χ2v) is 5.05. The zero-order valence-electron chi connectivity index (χ0n) is 10.7. The molecule has 98 valence electrons. The normalized spacial score (nSPS) is 12.3. The fourth-order valence-corrected chi connectivity index (χ4v) is 2.87. The van der Waals surface area contributed by atoms with Gasteiger partial charge in [0.25, 0.3) is 0 Å². The molecule has 0 saturated carbocycles. The first-order valence-corrected chi connectivity index (χ1v) is 6.64. The Morgan fingerprint density at radius 3 is 2.75 bits per heavy atom. The lowest BCUT2D eigenvalue weighted by Crippen LogP contribution is -1.99. The number of aryl methyl sites for hydroxylation is 1. The lowest BCUT2D eigenvalue weighted by molar-refractivity contribution is 0.665. The van der Waals surface area contributed by atoms with Gasteiger partial charge in [0, 0.05) is 5.56 Å². The van der Waals surface area contributed by atoms with Crippen LogP contribution in [0.3, 0.4) is 0 Å². The smallest absolute Gasteiger partial charge is 0.142 e. The summed E-state index contributed by atoms with van der Waals surface area (Å²) < 4.78 is 1.83. The molecule has 5 nitrogen and oxygen atoms in total. The van der Waals surface area contributed by atoms with E-state index in [1.807, 2.05) is 41.9 Å². The molecule has 0 N–H and O–H groups in total. The Hall–Kier alpha value is -2.27. The van der Waals surface area contributed by atoms with Crippen molar-refractivity contribution in [3.05, 3.63) is 47.0 Å². The molecule has 1 aliphatic heterocycles. The summed E-state index contributed by atoms with van der Waals surface area (Å²) in [5, 5.41) is 8.93. The summed E-state index contributed by atoms with van der Waals surface area (Å²) in [5.41, 5.74) is 4.49. The third-order valence-electron chi connectivity index (χ3n) is 3.37. The van der Waals surface area contributed by atoms with Gasteiger partial charge in [-0.3, -0.25) is 0 Å². The molecular weight excluding hydrogens is 274 g/mol. The molecule has 6 heteroatoms. The minimum atomic E-state index is 0.464. The van der Waals surface area contributed by atoms with Gasteiger partial charge in [-0.05, 0) is 6.92 Å². The molecule has 0 amide bonds. The third kappa shape index (κ3) is 1.56. The lowest BCUT2D eigenvalue weighted by atomic mass is 10.1. The Morgan fingerprint density at radius 1 is 1.15 bits per heavy atom. The number of benzene rings is 1. The van der Waals surface area contributed by atoms with E-state index in [9.17, 15) is 0 Å². The van der Waals surface area contributed by atoms with Crippen LogP contribution in [-0.2, 0) is 6.54 Å². The van der Waals surface area contributed by atoms with E-state index < -0.39 is 0 Å². The molecule has 3 heterocycles. The van der Waals surface area contributed by atoms with Gasteiger partial charge in [0.1, 0.15) is 22.4 Å². The molecule has 0 atom stereocenters. The zero-order chi connectivity index (χ0) is 13.7. The van der Waals surface area contributed by atoms with Crippen molar-refractivity contribution in [3.8, 4) is 22.5 Å². The zero-order valence-corrected chi connectivity index (χ0v) is 11.5. The summed E-state index contributed by atoms with van der Waals surface area (Å²) in [7, 11) is 0. The van der Waals surface area contributed by atoms with Crippen molar-refractivity contribution in [2.45, 2.75) is 13.5 Å². The number of aromatic nitrogens is 5. The third-order valence-corrected chi connectivity index (χ3v) is 3.64. The molecule has 0 unspecified atom stereocenters. The fourth-order valence-electron chi connectivity index (χ4n) is 2.55. The maximum absolute atomic E-state index is 6.30. The molecule has 0 fully saturated rings. The van der Waals surface area contributed by atoms with Crippen LogP contribution in [0.1, 0.15) is 11.5 Å². The van der Waals surface area contributed by atoms with E-state index in [4.69, 9.17) is 11.6 Å². The molecule has 2 aromatic heterocycles. The molecule has 3 aromatic rings. The summed E-state index contributed by atoms with van der Waals surface area (Å²) in [6.07, 6.45) is 0. The van der Waals surface area contributed by atoms with Crippen molar-refractivity contribution in [2.24, 2.45) is 0 Å². The van der Waals surface area contributed by atoms with Crippen molar-refractivity contribution < 1.29 is 0 Å². The van der Waals surface area contributed by atoms with Crippen molar-refractivity contribution in [3.63, 3.8) is 0 Å². The maximum Gasteiger partial charge on any atom is 0.142 e. The summed E-state index contributed by atoms with van der Waals surface area (Å²) >= 11 is 6.30. The SMILES string of the molecule is Cc1nc(Cl)c2c(n1)Cn1nnc(-c3ccccc3)c1-2. The Labute approximate surface area is 120 Å². The monoisotopic (exact) mass is 283 g/mol. The van der Waals surface area contributed by atoms with Crippen molar-refractivity contribution in [1.82, 2.24) is 25.0 Å². The summed E-state index contributed by atoms with van der Waals surface area (Å²) in [6.45, 7) is 2.43. The van der Waals surface area contributed by atoms with Gasteiger partial charge in [-0.1, -0.05) is 47.1 Å². The lowest BCUT2D eigenvalue weighted by Gasteiger charge is -2.03. The number of hydrogen-bond acceptors (Lipinski definition) is 4. The Balaban J connectivity index is 1.98. The van der Waals surface area contributed by atoms with Crippen molar-refractivity contribution >= 4 is 11.6 Å². The summed E-state index contributed by atoms with van der Waals surface area (Å²) in [4.78, 5) is 8.70. The second-order valence-electron chi connectivity index (χ2n) is 4.69. The van der Waals surface area contributed by atoms with Gasteiger partial charge < -0.3 is 0 Å². The molecule has 0 spiro atoms. The molecule has 0 radical (unpaired) electrons. The Bertz CT molecular complexity index is 810. The summed E-state index contributed by atoms with van der Waals surface area (Å²) in [5.74, 6) is 0.675. The van der Waals surface area contributed by atoms with Gasteiger partial charge in [0.15, 0.2) is 0 Å². The summed E-state index contributed by atoms with van der Waals surface area (Å²) in [6, 6.07) is 9.94. The fraction of sp³-hybridized carbons (Fsp3) is 0.143. The molecule has 4 rings (SSSR count). The van der Waals surface area contributed by atoms with Crippen LogP contribution in [0, 0.1) is 6.92 Å². The number of fused-ring (bicyclic) bond motifs is 3. The predicted molar refractivity (Wildman–Crippen MR) is 75.3 cm³/mol. The Kier molecular flexibility index (Phi) is 2.37. The Morgan fingerprint density at radius 2 is 1.95 bits per heavy atom. The largest absolute Gasteiger partial charge is 0.238 e. The van der Waals surface area contributed by atoms with E-state index >= 15 is 0 Å². The second kappa shape index (κ2) is 4.11. The minimum absolute atomic E-state index is 0.464. The molecule has 0 bridgehead atoms. The molecule has 0 saturated heterocycles. The number of rotatable bonds is 1. The van der Waals surface area contributed by atoms with E-state index in [-0.39, 0.29) is 0 Å². The number of nitrogens with zero attached hydrogens (tertiary/aromatic N) is 5. The first-order valence-electron chi connectivity index (χ1n) is 6.26. The van der Waals surface area contributed by atoms with Crippen molar-refractivity contribution in [2.75, 3.05) is 0 Å². The predicted octanol–water partition coefficient (Wildman–Crippen LogP) is 2.73. The molecule has 1 aromatic carbocycles. The van der Waals surface area contributed by atoms with Gasteiger partial charge in [0.2, 0.25) is 0 Å². The number of halogens is 1. The van der Waals surface area contributed by atoms with Crippen LogP contribution in [0.25, 0.3) is 22.5 Å². The van der Waals surface area contributed by atoms with E-state index in [1.165, 1.54) is 0 Å². The van der Waals surface area contributed by atoms with Gasteiger partial charge in [-0.15, -0.1) is 5.10 Å². The highest BCUT2D eigenvalue weighted by molar-refractivity contribution is 6.32. The molecule has 0 aliphatic carbocycles. The topological polar surface area (TPSA) is 56.5 Å². The van der Waals surface area contributed by atoms with E-state index in [2.05, 4.69) is 20.3 Å².